The van der Waals surface area contributed by atoms with Gasteiger partial charge in [0.1, 0.15) is 5.69 Å². The zero-order valence-electron chi connectivity index (χ0n) is 14.8. The SMILES string of the molecule is CCc1nc(-c2ccc3c(c2)CCC3NC(=O)c2ccc(C)cn2)no1. The highest BCUT2D eigenvalue weighted by atomic mass is 16.5. The topological polar surface area (TPSA) is 80.9 Å². The van der Waals surface area contributed by atoms with Crippen LogP contribution >= 0.6 is 0 Å². The van der Waals surface area contributed by atoms with E-state index in [4.69, 9.17) is 4.52 Å². The standard InChI is InChI=1S/C20H20N4O2/c1-3-18-23-19(24-26-18)14-5-7-15-13(10-14)6-9-16(15)22-20(25)17-8-4-12(2)11-21-17/h4-5,7-8,10-11,16H,3,6,9H2,1-2H3,(H,22,25). The number of aryl methyl sites for hydroxylation is 3. The Bertz CT molecular complexity index is 947. The quantitative estimate of drug-likeness (QED) is 0.781. The molecule has 3 aromatic rings. The Morgan fingerprint density at radius 2 is 2.19 bits per heavy atom. The van der Waals surface area contributed by atoms with Crippen molar-refractivity contribution in [2.75, 3.05) is 0 Å². The molecule has 1 aliphatic carbocycles. The highest BCUT2D eigenvalue weighted by Gasteiger charge is 2.25. The number of nitrogens with zero attached hydrogens (tertiary/aromatic N) is 3. The lowest BCUT2D eigenvalue weighted by atomic mass is 10.0. The molecule has 0 aliphatic heterocycles. The number of aromatic nitrogens is 3. The molecule has 2 aromatic heterocycles. The molecule has 1 N–H and O–H groups in total. The lowest BCUT2D eigenvalue weighted by Gasteiger charge is -2.14. The minimum atomic E-state index is -0.141. The van der Waals surface area contributed by atoms with Gasteiger partial charge in [0.25, 0.3) is 5.91 Å². The molecule has 6 heteroatoms. The monoisotopic (exact) mass is 348 g/mol. The number of benzene rings is 1. The molecule has 1 amide bonds. The van der Waals surface area contributed by atoms with Gasteiger partial charge in [0, 0.05) is 18.2 Å². The van der Waals surface area contributed by atoms with Crippen LogP contribution in [0.5, 0.6) is 0 Å². The third kappa shape index (κ3) is 3.10. The third-order valence-electron chi connectivity index (χ3n) is 4.70. The van der Waals surface area contributed by atoms with Gasteiger partial charge in [-0.2, -0.15) is 4.98 Å². The predicted octanol–water partition coefficient (Wildman–Crippen LogP) is 3.42. The van der Waals surface area contributed by atoms with E-state index in [1.165, 1.54) is 5.56 Å². The van der Waals surface area contributed by atoms with Gasteiger partial charge in [-0.05, 0) is 48.6 Å². The van der Waals surface area contributed by atoms with Crippen molar-refractivity contribution in [2.45, 2.75) is 39.2 Å². The average Bonchev–Trinajstić information content (AvgIpc) is 3.29. The fraction of sp³-hybridized carbons (Fsp3) is 0.300. The molecule has 1 aromatic carbocycles. The van der Waals surface area contributed by atoms with E-state index in [0.29, 0.717) is 17.4 Å². The number of nitrogens with one attached hydrogen (secondary N) is 1. The molecule has 26 heavy (non-hydrogen) atoms. The first-order chi connectivity index (χ1) is 12.6. The number of hydrogen-bond donors (Lipinski definition) is 1. The Labute approximate surface area is 151 Å². The average molecular weight is 348 g/mol. The Hall–Kier alpha value is -3.02. The summed E-state index contributed by atoms with van der Waals surface area (Å²) in [7, 11) is 0. The Morgan fingerprint density at radius 3 is 2.92 bits per heavy atom. The van der Waals surface area contributed by atoms with Gasteiger partial charge in [-0.3, -0.25) is 9.78 Å². The van der Waals surface area contributed by atoms with Crippen LogP contribution in [-0.4, -0.2) is 21.0 Å². The molecule has 4 rings (SSSR count). The Kier molecular flexibility index (Phi) is 4.24. The molecular weight excluding hydrogens is 328 g/mol. The van der Waals surface area contributed by atoms with Crippen molar-refractivity contribution < 1.29 is 9.32 Å². The second kappa shape index (κ2) is 6.71. The van der Waals surface area contributed by atoms with Crippen molar-refractivity contribution in [3.63, 3.8) is 0 Å². The van der Waals surface area contributed by atoms with Gasteiger partial charge in [0.15, 0.2) is 0 Å². The molecule has 0 spiro atoms. The summed E-state index contributed by atoms with van der Waals surface area (Å²) in [5, 5.41) is 7.12. The molecule has 1 aliphatic rings. The molecular formula is C20H20N4O2. The van der Waals surface area contributed by atoms with Crippen LogP contribution in [0, 0.1) is 6.92 Å². The van der Waals surface area contributed by atoms with Crippen molar-refractivity contribution >= 4 is 5.91 Å². The van der Waals surface area contributed by atoms with Gasteiger partial charge in [0.2, 0.25) is 11.7 Å². The molecule has 0 saturated carbocycles. The normalized spacial score (nSPS) is 15.7. The smallest absolute Gasteiger partial charge is 0.270 e. The first-order valence-corrected chi connectivity index (χ1v) is 8.83. The minimum absolute atomic E-state index is 0.00567. The maximum atomic E-state index is 12.4. The van der Waals surface area contributed by atoms with Crippen molar-refractivity contribution in [3.05, 3.63) is 64.8 Å². The van der Waals surface area contributed by atoms with Crippen LogP contribution in [0.1, 0.15) is 52.5 Å². The van der Waals surface area contributed by atoms with Gasteiger partial charge < -0.3 is 9.84 Å². The van der Waals surface area contributed by atoms with Crippen LogP contribution in [0.3, 0.4) is 0 Å². The lowest BCUT2D eigenvalue weighted by Crippen LogP contribution is -2.27. The molecule has 0 fully saturated rings. The zero-order valence-corrected chi connectivity index (χ0v) is 14.8. The number of fused-ring (bicyclic) bond motifs is 1. The van der Waals surface area contributed by atoms with Crippen LogP contribution in [0.15, 0.2) is 41.1 Å². The number of carbonyl (C=O) groups excluding carboxylic acids is 1. The number of pyridine rings is 1. The number of rotatable bonds is 4. The number of carbonyl (C=O) groups is 1. The molecule has 1 unspecified atom stereocenters. The van der Waals surface area contributed by atoms with Gasteiger partial charge in [-0.15, -0.1) is 0 Å². The van der Waals surface area contributed by atoms with Crippen LogP contribution in [0.2, 0.25) is 0 Å². The van der Waals surface area contributed by atoms with Crippen LogP contribution in [0.25, 0.3) is 11.4 Å². The molecule has 6 nitrogen and oxygen atoms in total. The Balaban J connectivity index is 1.52. The van der Waals surface area contributed by atoms with Gasteiger partial charge in [0.05, 0.1) is 6.04 Å². The minimum Gasteiger partial charge on any atom is -0.344 e. The van der Waals surface area contributed by atoms with Crippen LogP contribution in [-0.2, 0) is 12.8 Å². The summed E-state index contributed by atoms with van der Waals surface area (Å²) < 4.78 is 5.19. The summed E-state index contributed by atoms with van der Waals surface area (Å²) >= 11 is 0. The van der Waals surface area contributed by atoms with Crippen molar-refractivity contribution in [1.29, 1.82) is 0 Å². The number of amides is 1. The fourth-order valence-electron chi connectivity index (χ4n) is 3.26. The second-order valence-corrected chi connectivity index (χ2v) is 6.56. The largest absolute Gasteiger partial charge is 0.344 e. The van der Waals surface area contributed by atoms with E-state index in [1.807, 2.05) is 32.0 Å². The van der Waals surface area contributed by atoms with Crippen molar-refractivity contribution in [3.8, 4) is 11.4 Å². The van der Waals surface area contributed by atoms with Crippen LogP contribution in [0.4, 0.5) is 0 Å². The first kappa shape index (κ1) is 16.4. The molecule has 132 valence electrons. The second-order valence-electron chi connectivity index (χ2n) is 6.56. The number of hydrogen-bond acceptors (Lipinski definition) is 5. The van der Waals surface area contributed by atoms with E-state index in [1.54, 1.807) is 12.3 Å². The summed E-state index contributed by atoms with van der Waals surface area (Å²) in [6.45, 7) is 3.93. The fourth-order valence-corrected chi connectivity index (χ4v) is 3.26. The summed E-state index contributed by atoms with van der Waals surface area (Å²) in [5.74, 6) is 1.11. The van der Waals surface area contributed by atoms with E-state index in [0.717, 1.165) is 36.0 Å². The molecule has 0 radical (unpaired) electrons. The molecule has 0 saturated heterocycles. The maximum Gasteiger partial charge on any atom is 0.270 e. The first-order valence-electron chi connectivity index (χ1n) is 8.83. The van der Waals surface area contributed by atoms with Crippen molar-refractivity contribution in [1.82, 2.24) is 20.4 Å². The van der Waals surface area contributed by atoms with E-state index >= 15 is 0 Å². The van der Waals surface area contributed by atoms with Crippen molar-refractivity contribution in [2.24, 2.45) is 0 Å². The van der Waals surface area contributed by atoms with E-state index < -0.39 is 0 Å². The zero-order chi connectivity index (χ0) is 18.1. The van der Waals surface area contributed by atoms with E-state index in [-0.39, 0.29) is 11.9 Å². The summed E-state index contributed by atoms with van der Waals surface area (Å²) in [6.07, 6.45) is 4.22. The lowest BCUT2D eigenvalue weighted by molar-refractivity contribution is 0.0931. The van der Waals surface area contributed by atoms with Gasteiger partial charge in [-0.1, -0.05) is 30.3 Å². The maximum absolute atomic E-state index is 12.4. The third-order valence-corrected chi connectivity index (χ3v) is 4.70. The molecule has 2 heterocycles. The summed E-state index contributed by atoms with van der Waals surface area (Å²) in [4.78, 5) is 21.0. The van der Waals surface area contributed by atoms with E-state index in [2.05, 4.69) is 26.5 Å². The molecule has 1 atom stereocenters. The highest BCUT2D eigenvalue weighted by molar-refractivity contribution is 5.92. The highest BCUT2D eigenvalue weighted by Crippen LogP contribution is 2.33. The predicted molar refractivity (Wildman–Crippen MR) is 96.6 cm³/mol. The summed E-state index contributed by atoms with van der Waals surface area (Å²) in [6, 6.07) is 9.78. The van der Waals surface area contributed by atoms with Gasteiger partial charge in [-0.25, -0.2) is 0 Å². The Morgan fingerprint density at radius 1 is 1.31 bits per heavy atom. The van der Waals surface area contributed by atoms with Crippen LogP contribution < -0.4 is 5.32 Å². The van der Waals surface area contributed by atoms with Gasteiger partial charge >= 0.3 is 0 Å². The molecule has 0 bridgehead atoms. The van der Waals surface area contributed by atoms with E-state index in [9.17, 15) is 4.79 Å². The summed E-state index contributed by atoms with van der Waals surface area (Å²) in [5.41, 5.74) is 4.79.